The quantitative estimate of drug-likeness (QED) is 0.721. The zero-order valence-electron chi connectivity index (χ0n) is 10.0. The molecular formula is C11H18ClN3O. The predicted octanol–water partition coefficient (Wildman–Crippen LogP) is 2.77. The lowest BCUT2D eigenvalue weighted by Gasteiger charge is -2.23. The minimum atomic E-state index is 0.363. The summed E-state index contributed by atoms with van der Waals surface area (Å²) in [5, 5.41) is 0.363. The Balaban J connectivity index is 2.94. The molecule has 0 N–H and O–H groups in total. The van der Waals surface area contributed by atoms with E-state index in [4.69, 9.17) is 16.3 Å². The van der Waals surface area contributed by atoms with Crippen LogP contribution in [-0.4, -0.2) is 30.2 Å². The predicted molar refractivity (Wildman–Crippen MR) is 66.4 cm³/mol. The topological polar surface area (TPSA) is 38.2 Å². The highest BCUT2D eigenvalue weighted by atomic mass is 35.5. The number of nitrogens with zero attached hydrogens (tertiary/aromatic N) is 3. The van der Waals surface area contributed by atoms with Crippen LogP contribution in [0.15, 0.2) is 6.33 Å². The Labute approximate surface area is 102 Å². The molecule has 1 heterocycles. The van der Waals surface area contributed by atoms with Crippen LogP contribution in [0.5, 0.6) is 5.75 Å². The van der Waals surface area contributed by atoms with Crippen LogP contribution >= 0.6 is 11.6 Å². The average molecular weight is 244 g/mol. The van der Waals surface area contributed by atoms with Gasteiger partial charge < -0.3 is 9.64 Å². The van der Waals surface area contributed by atoms with Crippen LogP contribution in [0, 0.1) is 0 Å². The van der Waals surface area contributed by atoms with Crippen molar-refractivity contribution in [3.63, 3.8) is 0 Å². The van der Waals surface area contributed by atoms with Crippen molar-refractivity contribution in [1.29, 1.82) is 0 Å². The zero-order valence-corrected chi connectivity index (χ0v) is 10.8. The second-order valence-corrected chi connectivity index (χ2v) is 3.81. The lowest BCUT2D eigenvalue weighted by molar-refractivity contribution is 0.410. The van der Waals surface area contributed by atoms with Crippen molar-refractivity contribution in [2.24, 2.45) is 0 Å². The van der Waals surface area contributed by atoms with Gasteiger partial charge in [0.2, 0.25) is 0 Å². The van der Waals surface area contributed by atoms with Gasteiger partial charge in [0, 0.05) is 13.1 Å². The van der Waals surface area contributed by atoms with Crippen molar-refractivity contribution < 1.29 is 4.74 Å². The Morgan fingerprint density at radius 2 is 2.12 bits per heavy atom. The molecule has 0 aliphatic carbocycles. The SMILES string of the molecule is CCCCN(CC)c1ncnc(Cl)c1OC. The van der Waals surface area contributed by atoms with Gasteiger partial charge in [-0.3, -0.25) is 0 Å². The van der Waals surface area contributed by atoms with Crippen LogP contribution in [0.4, 0.5) is 5.82 Å². The maximum absolute atomic E-state index is 5.96. The molecule has 0 aliphatic rings. The van der Waals surface area contributed by atoms with E-state index < -0.39 is 0 Å². The van der Waals surface area contributed by atoms with Crippen LogP contribution < -0.4 is 9.64 Å². The summed E-state index contributed by atoms with van der Waals surface area (Å²) in [6, 6.07) is 0. The number of anilines is 1. The fourth-order valence-corrected chi connectivity index (χ4v) is 1.71. The molecular weight excluding hydrogens is 226 g/mol. The molecule has 0 fully saturated rings. The second-order valence-electron chi connectivity index (χ2n) is 3.45. The van der Waals surface area contributed by atoms with E-state index in [1.807, 2.05) is 0 Å². The highest BCUT2D eigenvalue weighted by Crippen LogP contribution is 2.31. The largest absolute Gasteiger partial charge is 0.490 e. The molecule has 0 aliphatic heterocycles. The molecule has 0 saturated carbocycles. The fourth-order valence-electron chi connectivity index (χ4n) is 1.51. The van der Waals surface area contributed by atoms with E-state index in [1.54, 1.807) is 7.11 Å². The summed E-state index contributed by atoms with van der Waals surface area (Å²) in [6.45, 7) is 6.09. The van der Waals surface area contributed by atoms with Gasteiger partial charge in [-0.2, -0.15) is 0 Å². The van der Waals surface area contributed by atoms with Crippen molar-refractivity contribution in [1.82, 2.24) is 9.97 Å². The standard InChI is InChI=1S/C11H18ClN3O/c1-4-6-7-15(5-2)11-9(16-3)10(12)13-8-14-11/h8H,4-7H2,1-3H3. The van der Waals surface area contributed by atoms with E-state index in [2.05, 4.69) is 28.7 Å². The summed E-state index contributed by atoms with van der Waals surface area (Å²) < 4.78 is 5.24. The van der Waals surface area contributed by atoms with Gasteiger partial charge in [0.25, 0.3) is 0 Å². The van der Waals surface area contributed by atoms with E-state index in [-0.39, 0.29) is 0 Å². The Morgan fingerprint density at radius 1 is 1.38 bits per heavy atom. The molecule has 0 saturated heterocycles. The van der Waals surface area contributed by atoms with Crippen molar-refractivity contribution in [3.8, 4) is 5.75 Å². The van der Waals surface area contributed by atoms with E-state index >= 15 is 0 Å². The first-order chi connectivity index (χ1) is 7.74. The molecule has 4 nitrogen and oxygen atoms in total. The average Bonchev–Trinajstić information content (AvgIpc) is 2.30. The summed E-state index contributed by atoms with van der Waals surface area (Å²) in [4.78, 5) is 10.3. The molecule has 0 unspecified atom stereocenters. The zero-order chi connectivity index (χ0) is 12.0. The molecule has 1 rings (SSSR count). The number of ether oxygens (including phenoxy) is 1. The molecule has 5 heteroatoms. The Kier molecular flexibility index (Phi) is 5.32. The van der Waals surface area contributed by atoms with Gasteiger partial charge >= 0.3 is 0 Å². The number of aromatic nitrogens is 2. The highest BCUT2D eigenvalue weighted by Gasteiger charge is 2.15. The number of halogens is 1. The first kappa shape index (κ1) is 13.0. The third kappa shape index (κ3) is 2.98. The van der Waals surface area contributed by atoms with Crippen LogP contribution in [0.3, 0.4) is 0 Å². The van der Waals surface area contributed by atoms with E-state index in [1.165, 1.54) is 6.33 Å². The maximum atomic E-state index is 5.96. The fraction of sp³-hybridized carbons (Fsp3) is 0.636. The van der Waals surface area contributed by atoms with Gasteiger partial charge in [-0.05, 0) is 13.3 Å². The number of rotatable bonds is 6. The number of hydrogen-bond acceptors (Lipinski definition) is 4. The van der Waals surface area contributed by atoms with Gasteiger partial charge in [0.15, 0.2) is 16.7 Å². The first-order valence-corrected chi connectivity index (χ1v) is 5.91. The second kappa shape index (κ2) is 6.53. The summed E-state index contributed by atoms with van der Waals surface area (Å²) in [7, 11) is 1.59. The molecule has 16 heavy (non-hydrogen) atoms. The molecule has 0 aromatic carbocycles. The van der Waals surface area contributed by atoms with Gasteiger partial charge in [0.05, 0.1) is 7.11 Å². The van der Waals surface area contributed by atoms with E-state index in [9.17, 15) is 0 Å². The summed E-state index contributed by atoms with van der Waals surface area (Å²) in [5.41, 5.74) is 0. The smallest absolute Gasteiger partial charge is 0.199 e. The van der Waals surface area contributed by atoms with Gasteiger partial charge in [0.1, 0.15) is 6.33 Å². The number of unbranched alkanes of at least 4 members (excludes halogenated alkanes) is 1. The molecule has 1 aromatic rings. The molecule has 0 radical (unpaired) electrons. The Morgan fingerprint density at radius 3 is 2.69 bits per heavy atom. The molecule has 0 amide bonds. The third-order valence-electron chi connectivity index (χ3n) is 2.41. The molecule has 0 spiro atoms. The lowest BCUT2D eigenvalue weighted by Crippen LogP contribution is -2.25. The van der Waals surface area contributed by atoms with Crippen molar-refractivity contribution in [2.45, 2.75) is 26.7 Å². The van der Waals surface area contributed by atoms with Crippen LogP contribution in [-0.2, 0) is 0 Å². The third-order valence-corrected chi connectivity index (χ3v) is 2.68. The molecule has 0 bridgehead atoms. The van der Waals surface area contributed by atoms with Gasteiger partial charge in [-0.1, -0.05) is 24.9 Å². The summed E-state index contributed by atoms with van der Waals surface area (Å²) in [6.07, 6.45) is 3.74. The molecule has 1 aromatic heterocycles. The molecule has 90 valence electrons. The number of methoxy groups -OCH3 is 1. The van der Waals surface area contributed by atoms with Crippen molar-refractivity contribution in [3.05, 3.63) is 11.5 Å². The Hall–Kier alpha value is -1.03. The normalized spacial score (nSPS) is 10.2. The summed E-state index contributed by atoms with van der Waals surface area (Å²) >= 11 is 5.96. The maximum Gasteiger partial charge on any atom is 0.199 e. The van der Waals surface area contributed by atoms with Crippen molar-refractivity contribution >= 4 is 17.4 Å². The molecule has 0 atom stereocenters. The summed E-state index contributed by atoms with van der Waals surface area (Å²) in [5.74, 6) is 1.33. The minimum Gasteiger partial charge on any atom is -0.490 e. The van der Waals surface area contributed by atoms with Gasteiger partial charge in [-0.25, -0.2) is 9.97 Å². The van der Waals surface area contributed by atoms with Crippen molar-refractivity contribution in [2.75, 3.05) is 25.1 Å². The van der Waals surface area contributed by atoms with Gasteiger partial charge in [-0.15, -0.1) is 0 Å². The van der Waals surface area contributed by atoms with E-state index in [0.717, 1.165) is 31.7 Å². The van der Waals surface area contributed by atoms with E-state index in [0.29, 0.717) is 10.9 Å². The lowest BCUT2D eigenvalue weighted by atomic mass is 10.3. The number of hydrogen-bond donors (Lipinski definition) is 0. The minimum absolute atomic E-state index is 0.363. The van der Waals surface area contributed by atoms with Crippen LogP contribution in [0.1, 0.15) is 26.7 Å². The Bertz CT molecular complexity index is 333. The van der Waals surface area contributed by atoms with Crippen LogP contribution in [0.25, 0.3) is 0 Å². The first-order valence-electron chi connectivity index (χ1n) is 5.54. The monoisotopic (exact) mass is 243 g/mol. The highest BCUT2D eigenvalue weighted by molar-refractivity contribution is 6.31. The van der Waals surface area contributed by atoms with Crippen LogP contribution in [0.2, 0.25) is 5.15 Å².